The fourth-order valence-electron chi connectivity index (χ4n) is 10.6. The molecule has 0 radical (unpaired) electrons. The van der Waals surface area contributed by atoms with Crippen LogP contribution in [-0.2, 0) is 71.2 Å². The molecule has 35 atom stereocenters. The van der Waals surface area contributed by atoms with Gasteiger partial charge in [0.05, 0.1) is 45.7 Å². The Labute approximate surface area is 470 Å². The quantitative estimate of drug-likeness (QED) is 0.0538. The minimum absolute atomic E-state index is 0.837. The summed E-state index contributed by atoms with van der Waals surface area (Å²) in [6, 6.07) is -3.65. The molecule has 0 unspecified atom stereocenters. The number of aliphatic hydroxyl groups excluding tert-OH is 20. The van der Waals surface area contributed by atoms with Gasteiger partial charge < -0.3 is 174 Å². The predicted octanol–water partition coefficient (Wildman–Crippen LogP) is -15.0. The number of amides is 2. The number of nitrogens with one attached hydrogen (secondary N) is 2. The van der Waals surface area contributed by atoms with E-state index in [0.717, 1.165) is 13.8 Å². The molecule has 0 spiro atoms. The number of carbonyl (C=O) groups is 2. The van der Waals surface area contributed by atoms with E-state index in [1.54, 1.807) is 0 Å². The lowest BCUT2D eigenvalue weighted by Crippen LogP contribution is -2.71. The van der Waals surface area contributed by atoms with Crippen LogP contribution < -0.4 is 10.6 Å². The van der Waals surface area contributed by atoms with Crippen molar-refractivity contribution in [3.05, 3.63) is 0 Å². The molecule has 0 saturated carbocycles. The van der Waals surface area contributed by atoms with E-state index in [0.29, 0.717) is 0 Å². The molecule has 0 aromatic heterocycles. The summed E-state index contributed by atoms with van der Waals surface area (Å²) in [5, 5.41) is 220. The third-order valence-corrected chi connectivity index (χ3v) is 15.3. The summed E-state index contributed by atoms with van der Waals surface area (Å²) >= 11 is 0. The summed E-state index contributed by atoms with van der Waals surface area (Å²) in [5.74, 6) is -1.78. The van der Waals surface area contributed by atoms with E-state index < -0.39 is 266 Å². The van der Waals surface area contributed by atoms with Gasteiger partial charge in [-0.25, -0.2) is 0 Å². The zero-order chi connectivity index (χ0) is 61.2. The second kappa shape index (κ2) is 29.3. The van der Waals surface area contributed by atoms with Crippen LogP contribution in [0, 0.1) is 0 Å². The highest BCUT2D eigenvalue weighted by atomic mass is 16.8. The molecular formula is C46H78N2O35. The molecule has 7 heterocycles. The van der Waals surface area contributed by atoms with Crippen LogP contribution in [0.1, 0.15) is 20.8 Å². The molecule has 482 valence electrons. The van der Waals surface area contributed by atoms with Crippen molar-refractivity contribution < 1.29 is 173 Å². The van der Waals surface area contributed by atoms with Crippen LogP contribution in [0.3, 0.4) is 0 Å². The Bertz CT molecular complexity index is 2040. The summed E-state index contributed by atoms with van der Waals surface area (Å²) in [4.78, 5) is 25.8. The molecule has 0 aromatic carbocycles. The summed E-state index contributed by atoms with van der Waals surface area (Å²) in [6.07, 6.45) is -64.0. The Kier molecular flexibility index (Phi) is 24.0. The molecule has 2 amide bonds. The highest BCUT2D eigenvalue weighted by molar-refractivity contribution is 5.73. The Morgan fingerprint density at radius 3 is 1.24 bits per heavy atom. The standard InChI is InChI=1S/C46H78N2O35/c1-10-21(56)26(61)31(66)43(72-10)81-37-17(8-53)77-42(20(48-12(3)55)38(37)82-45-33(68)28(63)23(58)14(5-50)75-45)83-39-24(59)18(78-46(34(39)69)80-36-15(6-51)73-40(70)30(65)29(36)64)9-71-41-19(47-11(2)54)25(60)35(16(7-52)76-41)79-44-32(67)27(62)22(57)13(4-49)74-44/h10,13-46,49-53,56-70H,4-9H2,1-3H3,(H,47,54)(H,48,55)/t10-,13+,14+,15+,16+,17+,18+,19+,20+,21+,22-,23-,24-,25+,26+,27-,28-,29+,30+,31-,32+,33+,34+,35+,36+,37+,38+,39-,40+,41+,42-,43-,44-,45-,46-/m0/s1. The largest absolute Gasteiger partial charge is 0.394 e. The SMILES string of the molecule is CC(=O)N[C@H]1[C@H](OC[C@H]2O[C@@H](O[C@H]3[C@H](O)[C@@H](O)[C@H](O)O[C@@H]3CO)[C@H](O)[C@@H](O[C@@H]3O[C@H](CO)[C@@H](O[C@@H]4O[C@@H](C)[C@@H](O)[C@@H](O)[C@@H]4O)[C@H](O[C@@H]4O[C@H](CO)[C@H](O)[C@H](O)[C@H]4O)[C@H]3NC(C)=O)[C@H]2O)O[C@H](CO)[C@@H](O[C@@H]2O[C@H](CO)[C@H](O)[C@H](O)[C@H]2O)[C@@H]1O. The molecule has 0 bridgehead atoms. The molecule has 83 heavy (non-hydrogen) atoms. The van der Waals surface area contributed by atoms with Crippen molar-refractivity contribution in [1.82, 2.24) is 10.6 Å². The van der Waals surface area contributed by atoms with Crippen LogP contribution in [0.4, 0.5) is 0 Å². The van der Waals surface area contributed by atoms with E-state index in [1.807, 2.05) is 0 Å². The van der Waals surface area contributed by atoms with Crippen LogP contribution in [0.2, 0.25) is 0 Å². The van der Waals surface area contributed by atoms with Gasteiger partial charge in [-0.3, -0.25) is 9.59 Å². The number of rotatable bonds is 20. The first-order valence-corrected chi connectivity index (χ1v) is 26.5. The zero-order valence-corrected chi connectivity index (χ0v) is 44.5. The lowest BCUT2D eigenvalue weighted by Gasteiger charge is -2.52. The van der Waals surface area contributed by atoms with Gasteiger partial charge in [0, 0.05) is 13.8 Å². The number of carbonyl (C=O) groups excluding carboxylic acids is 2. The minimum Gasteiger partial charge on any atom is -0.394 e. The summed E-state index contributed by atoms with van der Waals surface area (Å²) in [6.45, 7) is -2.73. The Balaban J connectivity index is 1.22. The van der Waals surface area contributed by atoms with E-state index in [-0.39, 0.29) is 0 Å². The van der Waals surface area contributed by atoms with Crippen molar-refractivity contribution in [2.75, 3.05) is 39.6 Å². The van der Waals surface area contributed by atoms with E-state index in [9.17, 15) is 112 Å². The fourth-order valence-corrected chi connectivity index (χ4v) is 10.6. The second-order valence-corrected chi connectivity index (χ2v) is 21.1. The van der Waals surface area contributed by atoms with Gasteiger partial charge in [-0.1, -0.05) is 0 Å². The first-order chi connectivity index (χ1) is 39.2. The van der Waals surface area contributed by atoms with Gasteiger partial charge >= 0.3 is 0 Å². The van der Waals surface area contributed by atoms with Crippen molar-refractivity contribution in [3.8, 4) is 0 Å². The summed E-state index contributed by atoms with van der Waals surface area (Å²) < 4.78 is 75.9. The predicted molar refractivity (Wildman–Crippen MR) is 254 cm³/mol. The number of hydrogen-bond donors (Lipinski definition) is 22. The van der Waals surface area contributed by atoms with Crippen molar-refractivity contribution in [2.24, 2.45) is 0 Å². The summed E-state index contributed by atoms with van der Waals surface area (Å²) in [7, 11) is 0. The van der Waals surface area contributed by atoms with E-state index in [2.05, 4.69) is 10.6 Å². The molecule has 7 aliphatic rings. The van der Waals surface area contributed by atoms with Gasteiger partial charge in [0.2, 0.25) is 11.8 Å². The molecule has 7 rings (SSSR count). The normalized spacial score (nSPS) is 50.8. The fraction of sp³-hybridized carbons (Fsp3) is 0.957. The highest BCUT2D eigenvalue weighted by Gasteiger charge is 2.59. The molecule has 22 N–H and O–H groups in total. The highest BCUT2D eigenvalue weighted by Crippen LogP contribution is 2.38. The Morgan fingerprint density at radius 1 is 0.337 bits per heavy atom. The lowest BCUT2D eigenvalue weighted by atomic mass is 9.93. The zero-order valence-electron chi connectivity index (χ0n) is 44.5. The number of aliphatic hydroxyl groups is 20. The van der Waals surface area contributed by atoms with E-state index in [4.69, 9.17) is 61.6 Å². The van der Waals surface area contributed by atoms with Crippen LogP contribution in [-0.4, -0.2) is 368 Å². The lowest BCUT2D eigenvalue weighted by molar-refractivity contribution is -0.393. The average molecular weight is 1220 g/mol. The van der Waals surface area contributed by atoms with Crippen LogP contribution in [0.5, 0.6) is 0 Å². The molecule has 0 aliphatic carbocycles. The van der Waals surface area contributed by atoms with Gasteiger partial charge in [-0.2, -0.15) is 0 Å². The monoisotopic (exact) mass is 1220 g/mol. The molecule has 37 nitrogen and oxygen atoms in total. The van der Waals surface area contributed by atoms with E-state index >= 15 is 0 Å². The number of ether oxygens (including phenoxy) is 13. The molecule has 7 saturated heterocycles. The Morgan fingerprint density at radius 2 is 0.723 bits per heavy atom. The topological polar surface area (TPSA) is 583 Å². The van der Waals surface area contributed by atoms with Crippen LogP contribution in [0.25, 0.3) is 0 Å². The van der Waals surface area contributed by atoms with Gasteiger partial charge in [-0.15, -0.1) is 0 Å². The van der Waals surface area contributed by atoms with Crippen molar-refractivity contribution in [1.29, 1.82) is 0 Å². The van der Waals surface area contributed by atoms with Crippen LogP contribution in [0.15, 0.2) is 0 Å². The van der Waals surface area contributed by atoms with Crippen molar-refractivity contribution >= 4 is 11.8 Å². The molecule has 7 fully saturated rings. The third-order valence-electron chi connectivity index (χ3n) is 15.3. The first-order valence-electron chi connectivity index (χ1n) is 26.5. The maximum absolute atomic E-state index is 13.2. The molecule has 7 aliphatic heterocycles. The maximum atomic E-state index is 13.2. The third kappa shape index (κ3) is 14.7. The molecule has 37 heteroatoms. The van der Waals surface area contributed by atoms with Crippen LogP contribution >= 0.6 is 0 Å². The molecular weight excluding hydrogens is 1140 g/mol. The second-order valence-electron chi connectivity index (χ2n) is 21.1. The number of hydrogen-bond acceptors (Lipinski definition) is 35. The van der Waals surface area contributed by atoms with Crippen molar-refractivity contribution in [2.45, 2.75) is 236 Å². The smallest absolute Gasteiger partial charge is 0.217 e. The van der Waals surface area contributed by atoms with Crippen molar-refractivity contribution in [3.63, 3.8) is 0 Å². The van der Waals surface area contributed by atoms with Gasteiger partial charge in [0.25, 0.3) is 0 Å². The van der Waals surface area contributed by atoms with Gasteiger partial charge in [0.15, 0.2) is 44.0 Å². The minimum atomic E-state index is -2.36. The van der Waals surface area contributed by atoms with Gasteiger partial charge in [0.1, 0.15) is 165 Å². The van der Waals surface area contributed by atoms with E-state index in [1.165, 1.54) is 6.92 Å². The average Bonchev–Trinajstić information content (AvgIpc) is 3.65. The van der Waals surface area contributed by atoms with Gasteiger partial charge in [-0.05, 0) is 6.92 Å². The summed E-state index contributed by atoms with van der Waals surface area (Å²) in [5.41, 5.74) is 0. The molecule has 0 aromatic rings. The maximum Gasteiger partial charge on any atom is 0.217 e. The Hall–Kier alpha value is -2.38. The first kappa shape index (κ1) is 68.1.